The van der Waals surface area contributed by atoms with Gasteiger partial charge in [0.05, 0.1) is 17.9 Å². The second-order valence-corrected chi connectivity index (χ2v) is 10.2. The molecule has 0 radical (unpaired) electrons. The van der Waals surface area contributed by atoms with Gasteiger partial charge >= 0.3 is 0 Å². The largest absolute Gasteiger partial charge is 0.401 e. The van der Waals surface area contributed by atoms with Crippen molar-refractivity contribution in [2.75, 3.05) is 33.7 Å². The van der Waals surface area contributed by atoms with Crippen molar-refractivity contribution in [3.63, 3.8) is 0 Å². The minimum absolute atomic E-state index is 0.224. The number of nitrogens with one attached hydrogen (secondary N) is 1. The first-order chi connectivity index (χ1) is 16.2. The number of aromatic amines is 1. The van der Waals surface area contributed by atoms with Crippen molar-refractivity contribution in [1.82, 2.24) is 19.8 Å². The number of fused-ring (bicyclic) bond motifs is 1. The Hall–Kier alpha value is -3.03. The summed E-state index contributed by atoms with van der Waals surface area (Å²) in [6.45, 7) is 8.47. The number of carbonyl (C=O) groups excluding carboxylic acids is 1. The average Bonchev–Trinajstić information content (AvgIpc) is 3.18. The van der Waals surface area contributed by atoms with E-state index < -0.39 is 0 Å². The summed E-state index contributed by atoms with van der Waals surface area (Å²) < 4.78 is 0. The summed E-state index contributed by atoms with van der Waals surface area (Å²) in [5, 5.41) is 2.83. The molecule has 0 saturated carbocycles. The van der Waals surface area contributed by atoms with E-state index in [-0.39, 0.29) is 5.91 Å². The van der Waals surface area contributed by atoms with Crippen LogP contribution in [-0.4, -0.2) is 59.4 Å². The van der Waals surface area contributed by atoms with Gasteiger partial charge in [-0.05, 0) is 81.1 Å². The van der Waals surface area contributed by atoms with Gasteiger partial charge in [0.2, 0.25) is 5.91 Å². The zero-order valence-electron chi connectivity index (χ0n) is 21.1. The Morgan fingerprint density at radius 1 is 1.24 bits per heavy atom. The van der Waals surface area contributed by atoms with E-state index >= 15 is 0 Å². The molecule has 1 aromatic heterocycles. The number of piperidine rings is 1. The maximum absolute atomic E-state index is 12.4. The third-order valence-corrected chi connectivity index (χ3v) is 6.89. The van der Waals surface area contributed by atoms with Crippen LogP contribution < -0.4 is 11.6 Å². The lowest BCUT2D eigenvalue weighted by molar-refractivity contribution is -0.132. The molecular weight excluding hydrogens is 424 g/mol. The molecule has 182 valence electrons. The normalized spacial score (nSPS) is 18.9. The summed E-state index contributed by atoms with van der Waals surface area (Å²) in [7, 11) is 3.88. The number of aromatic nitrogens is 1. The first-order valence-electron chi connectivity index (χ1n) is 12.1. The SMILES string of the molecule is C/C(N)=C1\C=C(c2[nH]c3ccc(C4CCN(C(=O)CN(C)C)CC4)cc3c2C(C)C)C=CN1N. The number of rotatable bonds is 5. The van der Waals surface area contributed by atoms with E-state index in [2.05, 4.69) is 37.0 Å². The number of nitrogens with two attached hydrogens (primary N) is 2. The Labute approximate surface area is 202 Å². The molecule has 2 aliphatic heterocycles. The number of likely N-dealkylation sites (N-methyl/N-ethyl adjacent to an activating group) is 1. The second kappa shape index (κ2) is 9.68. The van der Waals surface area contributed by atoms with Crippen LogP contribution >= 0.6 is 0 Å². The molecule has 4 rings (SSSR count). The maximum Gasteiger partial charge on any atom is 0.236 e. The van der Waals surface area contributed by atoms with E-state index in [0.29, 0.717) is 24.1 Å². The number of allylic oxidation sites excluding steroid dienone is 4. The van der Waals surface area contributed by atoms with E-state index in [0.717, 1.165) is 48.4 Å². The predicted molar refractivity (Wildman–Crippen MR) is 140 cm³/mol. The van der Waals surface area contributed by atoms with Crippen LogP contribution in [0.15, 0.2) is 47.9 Å². The average molecular weight is 463 g/mol. The summed E-state index contributed by atoms with van der Waals surface area (Å²) in [5.41, 5.74) is 13.6. The van der Waals surface area contributed by atoms with Gasteiger partial charge in [-0.1, -0.05) is 19.9 Å². The topological polar surface area (TPSA) is 94.6 Å². The molecule has 2 aromatic rings. The quantitative estimate of drug-likeness (QED) is 0.587. The fourth-order valence-corrected chi connectivity index (χ4v) is 5.13. The van der Waals surface area contributed by atoms with Gasteiger partial charge in [-0.2, -0.15) is 0 Å². The number of amides is 1. The van der Waals surface area contributed by atoms with Gasteiger partial charge in [-0.15, -0.1) is 0 Å². The van der Waals surface area contributed by atoms with Crippen molar-refractivity contribution < 1.29 is 4.79 Å². The third-order valence-electron chi connectivity index (χ3n) is 6.89. The number of nitrogens with zero attached hydrogens (tertiary/aromatic N) is 3. The fraction of sp³-hybridized carbons (Fsp3) is 0.444. The molecular formula is C27H38N6O. The second-order valence-electron chi connectivity index (χ2n) is 10.2. The number of hydrogen-bond acceptors (Lipinski definition) is 5. The number of carbonyl (C=O) groups is 1. The molecule has 1 fully saturated rings. The van der Waals surface area contributed by atoms with E-state index in [1.165, 1.54) is 16.5 Å². The van der Waals surface area contributed by atoms with Gasteiger partial charge in [-0.25, -0.2) is 5.84 Å². The molecule has 3 heterocycles. The minimum Gasteiger partial charge on any atom is -0.401 e. The molecule has 2 aliphatic rings. The van der Waals surface area contributed by atoms with Crippen LogP contribution in [0.2, 0.25) is 0 Å². The van der Waals surface area contributed by atoms with Crippen LogP contribution in [0.5, 0.6) is 0 Å². The summed E-state index contributed by atoms with van der Waals surface area (Å²) in [6.07, 6.45) is 7.94. The van der Waals surface area contributed by atoms with E-state index in [1.54, 1.807) is 5.01 Å². The van der Waals surface area contributed by atoms with Crippen LogP contribution in [0.4, 0.5) is 0 Å². The Balaban J connectivity index is 1.63. The van der Waals surface area contributed by atoms with Crippen molar-refractivity contribution in [2.45, 2.75) is 45.4 Å². The molecule has 1 saturated heterocycles. The number of hydrazine groups is 1. The van der Waals surface area contributed by atoms with Crippen LogP contribution in [0.3, 0.4) is 0 Å². The summed E-state index contributed by atoms with van der Waals surface area (Å²) in [5.74, 6) is 7.12. The maximum atomic E-state index is 12.4. The first kappa shape index (κ1) is 24.1. The fourth-order valence-electron chi connectivity index (χ4n) is 5.13. The summed E-state index contributed by atoms with van der Waals surface area (Å²) >= 11 is 0. The predicted octanol–water partition coefficient (Wildman–Crippen LogP) is 3.84. The molecule has 0 unspecified atom stereocenters. The molecule has 1 amide bonds. The van der Waals surface area contributed by atoms with Crippen molar-refractivity contribution in [3.8, 4) is 0 Å². The molecule has 7 heteroatoms. The Kier molecular flexibility index (Phi) is 6.86. The van der Waals surface area contributed by atoms with Crippen LogP contribution in [0.1, 0.15) is 62.3 Å². The van der Waals surface area contributed by atoms with Crippen LogP contribution in [-0.2, 0) is 4.79 Å². The lowest BCUT2D eigenvalue weighted by Gasteiger charge is -2.33. The van der Waals surface area contributed by atoms with Gasteiger partial charge in [0.15, 0.2) is 0 Å². The highest BCUT2D eigenvalue weighted by Crippen LogP contribution is 2.38. The van der Waals surface area contributed by atoms with Gasteiger partial charge in [0.25, 0.3) is 0 Å². The van der Waals surface area contributed by atoms with Crippen LogP contribution in [0, 0.1) is 0 Å². The molecule has 0 aliphatic carbocycles. The molecule has 1 aromatic carbocycles. The van der Waals surface area contributed by atoms with Gasteiger partial charge < -0.3 is 20.5 Å². The number of H-pyrrole nitrogens is 1. The van der Waals surface area contributed by atoms with Crippen molar-refractivity contribution in [1.29, 1.82) is 0 Å². The first-order valence-corrected chi connectivity index (χ1v) is 12.1. The molecule has 5 N–H and O–H groups in total. The van der Waals surface area contributed by atoms with E-state index in [4.69, 9.17) is 11.6 Å². The Morgan fingerprint density at radius 3 is 2.56 bits per heavy atom. The highest BCUT2D eigenvalue weighted by molar-refractivity contribution is 5.92. The van der Waals surface area contributed by atoms with Crippen molar-refractivity contribution >= 4 is 22.4 Å². The molecule has 34 heavy (non-hydrogen) atoms. The van der Waals surface area contributed by atoms with Crippen LogP contribution in [0.25, 0.3) is 16.5 Å². The molecule has 0 bridgehead atoms. The summed E-state index contributed by atoms with van der Waals surface area (Å²) in [6, 6.07) is 6.81. The standard InChI is InChI=1S/C27H38N6O/c1-17(2)26-22-14-20(19-8-11-32(12-9-19)25(34)16-31(4)5)6-7-23(22)30-27(26)21-10-13-33(29)24(15-21)18(3)28/h6-7,10,13-15,17,19,30H,8-9,11-12,16,28-29H2,1-5H3/b24-18-. The number of benzene rings is 1. The zero-order chi connectivity index (χ0) is 24.6. The third kappa shape index (κ3) is 4.76. The Morgan fingerprint density at radius 2 is 1.94 bits per heavy atom. The molecule has 0 spiro atoms. The monoisotopic (exact) mass is 462 g/mol. The number of likely N-dealkylation sites (tertiary alicyclic amines) is 1. The lowest BCUT2D eigenvalue weighted by Crippen LogP contribution is -2.42. The van der Waals surface area contributed by atoms with Crippen molar-refractivity contribution in [3.05, 3.63) is 64.8 Å². The smallest absolute Gasteiger partial charge is 0.236 e. The lowest BCUT2D eigenvalue weighted by atomic mass is 9.87. The van der Waals surface area contributed by atoms with Gasteiger partial charge in [0, 0.05) is 41.5 Å². The van der Waals surface area contributed by atoms with E-state index in [1.807, 2.05) is 49.2 Å². The summed E-state index contributed by atoms with van der Waals surface area (Å²) in [4.78, 5) is 20.0. The highest BCUT2D eigenvalue weighted by Gasteiger charge is 2.25. The minimum atomic E-state index is 0.224. The van der Waals surface area contributed by atoms with E-state index in [9.17, 15) is 4.79 Å². The van der Waals surface area contributed by atoms with Crippen molar-refractivity contribution in [2.24, 2.45) is 11.6 Å². The Bertz CT molecular complexity index is 1160. The van der Waals surface area contributed by atoms with Gasteiger partial charge in [-0.3, -0.25) is 9.80 Å². The number of hydrogen-bond donors (Lipinski definition) is 3. The molecule has 0 atom stereocenters. The zero-order valence-corrected chi connectivity index (χ0v) is 21.1. The van der Waals surface area contributed by atoms with Gasteiger partial charge in [0.1, 0.15) is 0 Å². The molecule has 7 nitrogen and oxygen atoms in total. The highest BCUT2D eigenvalue weighted by atomic mass is 16.2.